The van der Waals surface area contributed by atoms with E-state index in [0.717, 1.165) is 16.8 Å². The lowest BCUT2D eigenvalue weighted by Crippen LogP contribution is -2.14. The van der Waals surface area contributed by atoms with E-state index in [1.54, 1.807) is 0 Å². The SMILES string of the molecule is Cc1cc(C)cc(-c2nc(C)c(C(C)C)c(NN)n2)c1. The molecule has 0 aliphatic carbocycles. The monoisotopic (exact) mass is 270 g/mol. The Balaban J connectivity index is 2.61. The van der Waals surface area contributed by atoms with Gasteiger partial charge in [0.1, 0.15) is 5.82 Å². The number of nitrogen functional groups attached to an aromatic ring is 1. The van der Waals surface area contributed by atoms with Crippen LogP contribution in [0.1, 0.15) is 42.1 Å². The first-order chi connectivity index (χ1) is 9.42. The molecular formula is C16H22N4. The lowest BCUT2D eigenvalue weighted by atomic mass is 10.0. The molecule has 4 heteroatoms. The Morgan fingerprint density at radius 2 is 1.60 bits per heavy atom. The molecule has 0 saturated heterocycles. The summed E-state index contributed by atoms with van der Waals surface area (Å²) in [5, 5.41) is 0. The van der Waals surface area contributed by atoms with Crippen molar-refractivity contribution in [1.29, 1.82) is 0 Å². The number of hydrazine groups is 1. The number of hydrogen-bond acceptors (Lipinski definition) is 4. The highest BCUT2D eigenvalue weighted by atomic mass is 15.3. The van der Waals surface area contributed by atoms with Gasteiger partial charge in [-0.3, -0.25) is 0 Å². The number of benzene rings is 1. The second-order valence-corrected chi connectivity index (χ2v) is 5.57. The molecule has 0 aliphatic rings. The predicted molar refractivity (Wildman–Crippen MR) is 83.6 cm³/mol. The Bertz CT molecular complexity index is 612. The Morgan fingerprint density at radius 1 is 1.00 bits per heavy atom. The van der Waals surface area contributed by atoms with E-state index in [2.05, 4.69) is 61.3 Å². The summed E-state index contributed by atoms with van der Waals surface area (Å²) < 4.78 is 0. The van der Waals surface area contributed by atoms with Crippen LogP contribution in [-0.4, -0.2) is 9.97 Å². The smallest absolute Gasteiger partial charge is 0.161 e. The first-order valence-corrected chi connectivity index (χ1v) is 6.86. The molecule has 1 heterocycles. The Kier molecular flexibility index (Phi) is 4.04. The molecule has 3 N–H and O–H groups in total. The van der Waals surface area contributed by atoms with Crippen molar-refractivity contribution in [2.45, 2.75) is 40.5 Å². The fourth-order valence-electron chi connectivity index (χ4n) is 2.62. The molecule has 0 bridgehead atoms. The van der Waals surface area contributed by atoms with Crippen LogP contribution in [-0.2, 0) is 0 Å². The van der Waals surface area contributed by atoms with E-state index in [4.69, 9.17) is 5.84 Å². The fraction of sp³-hybridized carbons (Fsp3) is 0.375. The molecule has 2 rings (SSSR count). The van der Waals surface area contributed by atoms with E-state index in [1.807, 2.05) is 6.92 Å². The van der Waals surface area contributed by atoms with Crippen LogP contribution in [0.4, 0.5) is 5.82 Å². The van der Waals surface area contributed by atoms with E-state index in [1.165, 1.54) is 11.1 Å². The average molecular weight is 270 g/mol. The Morgan fingerprint density at radius 3 is 2.10 bits per heavy atom. The Labute approximate surface area is 120 Å². The van der Waals surface area contributed by atoms with Crippen molar-refractivity contribution in [3.8, 4) is 11.4 Å². The molecule has 0 spiro atoms. The summed E-state index contributed by atoms with van der Waals surface area (Å²) in [6.45, 7) is 10.4. The summed E-state index contributed by atoms with van der Waals surface area (Å²) in [4.78, 5) is 9.23. The molecule has 0 saturated carbocycles. The van der Waals surface area contributed by atoms with Gasteiger partial charge in [-0.25, -0.2) is 15.8 Å². The average Bonchev–Trinajstić information content (AvgIpc) is 2.35. The number of anilines is 1. The van der Waals surface area contributed by atoms with Crippen LogP contribution in [0.25, 0.3) is 11.4 Å². The van der Waals surface area contributed by atoms with Crippen molar-refractivity contribution >= 4 is 5.82 Å². The number of aromatic nitrogens is 2. The fourth-order valence-corrected chi connectivity index (χ4v) is 2.62. The van der Waals surface area contributed by atoms with Crippen LogP contribution in [0.2, 0.25) is 0 Å². The molecule has 1 aromatic carbocycles. The minimum atomic E-state index is 0.328. The number of nitrogens with one attached hydrogen (secondary N) is 1. The molecule has 0 atom stereocenters. The van der Waals surface area contributed by atoms with Crippen LogP contribution in [0.5, 0.6) is 0 Å². The van der Waals surface area contributed by atoms with Gasteiger partial charge in [0.15, 0.2) is 5.82 Å². The maximum atomic E-state index is 5.62. The number of nitrogens with zero attached hydrogens (tertiary/aromatic N) is 2. The molecular weight excluding hydrogens is 248 g/mol. The van der Waals surface area contributed by atoms with Gasteiger partial charge in [0.2, 0.25) is 0 Å². The summed E-state index contributed by atoms with van der Waals surface area (Å²) in [7, 11) is 0. The summed E-state index contributed by atoms with van der Waals surface area (Å²) in [5.41, 5.74) is 8.18. The van der Waals surface area contributed by atoms with Gasteiger partial charge in [-0.2, -0.15) is 0 Å². The third kappa shape index (κ3) is 2.80. The van der Waals surface area contributed by atoms with E-state index in [9.17, 15) is 0 Å². The summed E-state index contributed by atoms with van der Waals surface area (Å²) in [5.74, 6) is 7.38. The van der Waals surface area contributed by atoms with Gasteiger partial charge in [-0.1, -0.05) is 31.0 Å². The van der Waals surface area contributed by atoms with Crippen molar-refractivity contribution in [2.75, 3.05) is 5.43 Å². The molecule has 0 radical (unpaired) electrons. The molecule has 0 amide bonds. The minimum Gasteiger partial charge on any atom is -0.308 e. The van der Waals surface area contributed by atoms with Crippen molar-refractivity contribution in [3.05, 3.63) is 40.6 Å². The third-order valence-corrected chi connectivity index (χ3v) is 3.33. The zero-order chi connectivity index (χ0) is 14.9. The van der Waals surface area contributed by atoms with Gasteiger partial charge in [0, 0.05) is 16.8 Å². The molecule has 106 valence electrons. The number of hydrogen-bond donors (Lipinski definition) is 2. The molecule has 0 fully saturated rings. The van der Waals surface area contributed by atoms with Gasteiger partial charge in [-0.05, 0) is 38.8 Å². The molecule has 20 heavy (non-hydrogen) atoms. The lowest BCUT2D eigenvalue weighted by Gasteiger charge is -2.15. The van der Waals surface area contributed by atoms with Gasteiger partial charge < -0.3 is 5.43 Å². The predicted octanol–water partition coefficient (Wildman–Crippen LogP) is 3.48. The van der Waals surface area contributed by atoms with E-state index in [-0.39, 0.29) is 0 Å². The molecule has 0 aliphatic heterocycles. The topological polar surface area (TPSA) is 63.8 Å². The van der Waals surface area contributed by atoms with E-state index >= 15 is 0 Å². The van der Waals surface area contributed by atoms with Gasteiger partial charge in [0.25, 0.3) is 0 Å². The van der Waals surface area contributed by atoms with Crippen LogP contribution < -0.4 is 11.3 Å². The van der Waals surface area contributed by atoms with Gasteiger partial charge in [-0.15, -0.1) is 0 Å². The Hall–Kier alpha value is -1.94. The normalized spacial score (nSPS) is 10.9. The lowest BCUT2D eigenvalue weighted by molar-refractivity contribution is 0.831. The largest absolute Gasteiger partial charge is 0.308 e. The van der Waals surface area contributed by atoms with Gasteiger partial charge in [0.05, 0.1) is 0 Å². The van der Waals surface area contributed by atoms with Crippen molar-refractivity contribution < 1.29 is 0 Å². The number of nitrogens with two attached hydrogens (primary N) is 1. The van der Waals surface area contributed by atoms with Crippen LogP contribution in [0, 0.1) is 20.8 Å². The summed E-state index contributed by atoms with van der Waals surface area (Å²) >= 11 is 0. The van der Waals surface area contributed by atoms with E-state index < -0.39 is 0 Å². The first-order valence-electron chi connectivity index (χ1n) is 6.86. The number of aryl methyl sites for hydroxylation is 3. The second kappa shape index (κ2) is 5.59. The van der Waals surface area contributed by atoms with Crippen molar-refractivity contribution in [1.82, 2.24) is 9.97 Å². The summed E-state index contributed by atoms with van der Waals surface area (Å²) in [6.07, 6.45) is 0. The van der Waals surface area contributed by atoms with Crippen LogP contribution in [0.15, 0.2) is 18.2 Å². The standard InChI is InChI=1S/C16H22N4/c1-9(2)14-12(5)18-15(19-16(14)20-17)13-7-10(3)6-11(4)8-13/h6-9H,17H2,1-5H3,(H,18,19,20). The minimum absolute atomic E-state index is 0.328. The van der Waals surface area contributed by atoms with Crippen LogP contribution in [0.3, 0.4) is 0 Å². The van der Waals surface area contributed by atoms with Gasteiger partial charge >= 0.3 is 0 Å². The van der Waals surface area contributed by atoms with Crippen LogP contribution >= 0.6 is 0 Å². The van der Waals surface area contributed by atoms with E-state index in [0.29, 0.717) is 17.6 Å². The van der Waals surface area contributed by atoms with Crippen molar-refractivity contribution in [2.24, 2.45) is 5.84 Å². The third-order valence-electron chi connectivity index (χ3n) is 3.33. The molecule has 1 aromatic heterocycles. The zero-order valence-corrected chi connectivity index (χ0v) is 12.8. The quantitative estimate of drug-likeness (QED) is 0.662. The second-order valence-electron chi connectivity index (χ2n) is 5.57. The molecule has 4 nitrogen and oxygen atoms in total. The zero-order valence-electron chi connectivity index (χ0n) is 12.8. The highest BCUT2D eigenvalue weighted by Crippen LogP contribution is 2.28. The number of rotatable bonds is 3. The van der Waals surface area contributed by atoms with Crippen molar-refractivity contribution in [3.63, 3.8) is 0 Å². The molecule has 2 aromatic rings. The highest BCUT2D eigenvalue weighted by molar-refractivity contribution is 5.61. The highest BCUT2D eigenvalue weighted by Gasteiger charge is 2.15. The first kappa shape index (κ1) is 14.5. The maximum absolute atomic E-state index is 5.62. The maximum Gasteiger partial charge on any atom is 0.161 e. The molecule has 0 unspecified atom stereocenters. The summed E-state index contributed by atoms with van der Waals surface area (Å²) in [6, 6.07) is 6.33.